The highest BCUT2D eigenvalue weighted by Gasteiger charge is 2.24. The van der Waals surface area contributed by atoms with E-state index in [1.807, 2.05) is 0 Å². The Balaban J connectivity index is 1.89. The fraction of sp³-hybridized carbons (Fsp3) is 0.500. The van der Waals surface area contributed by atoms with Gasteiger partial charge in [0, 0.05) is 25.7 Å². The van der Waals surface area contributed by atoms with Crippen LogP contribution < -0.4 is 5.73 Å². The molecular weight excluding hydrogens is 274 g/mol. The number of nitrogens with zero attached hydrogens (tertiary/aromatic N) is 2. The minimum absolute atomic E-state index is 0.0229. The SMILES string of the molecule is NC(=O)CC1CCN(C(=O)Cn2cccc2C(=O)O)CC1. The van der Waals surface area contributed by atoms with Crippen LogP contribution in [0.5, 0.6) is 0 Å². The van der Waals surface area contributed by atoms with Crippen molar-refractivity contribution in [1.82, 2.24) is 9.47 Å². The molecule has 114 valence electrons. The Labute approximate surface area is 122 Å². The van der Waals surface area contributed by atoms with Crippen molar-refractivity contribution >= 4 is 17.8 Å². The molecule has 2 heterocycles. The van der Waals surface area contributed by atoms with Crippen LogP contribution >= 0.6 is 0 Å². The summed E-state index contributed by atoms with van der Waals surface area (Å²) < 4.78 is 1.43. The zero-order chi connectivity index (χ0) is 15.4. The van der Waals surface area contributed by atoms with Crippen LogP contribution in [0.1, 0.15) is 29.8 Å². The quantitative estimate of drug-likeness (QED) is 0.814. The van der Waals surface area contributed by atoms with Gasteiger partial charge in [-0.25, -0.2) is 4.79 Å². The van der Waals surface area contributed by atoms with Crippen LogP contribution in [0, 0.1) is 5.92 Å². The van der Waals surface area contributed by atoms with Crippen molar-refractivity contribution in [1.29, 1.82) is 0 Å². The van der Waals surface area contributed by atoms with Gasteiger partial charge in [0.1, 0.15) is 12.2 Å². The number of nitrogens with two attached hydrogens (primary N) is 1. The second-order valence-electron chi connectivity index (χ2n) is 5.32. The van der Waals surface area contributed by atoms with Gasteiger partial charge in [-0.1, -0.05) is 0 Å². The first-order valence-electron chi connectivity index (χ1n) is 6.92. The molecule has 1 aliphatic rings. The van der Waals surface area contributed by atoms with E-state index in [1.165, 1.54) is 10.6 Å². The molecule has 0 radical (unpaired) electrons. The standard InChI is InChI=1S/C14H19N3O4/c15-12(18)8-10-3-6-16(7-4-10)13(19)9-17-5-1-2-11(17)14(20)21/h1-2,5,10H,3-4,6-9H2,(H2,15,18)(H,20,21). The molecule has 0 atom stereocenters. The summed E-state index contributed by atoms with van der Waals surface area (Å²) in [7, 11) is 0. The Kier molecular flexibility index (Phi) is 4.62. The predicted molar refractivity (Wildman–Crippen MR) is 74.5 cm³/mol. The highest BCUT2D eigenvalue weighted by molar-refractivity contribution is 5.87. The van der Waals surface area contributed by atoms with E-state index in [4.69, 9.17) is 10.8 Å². The molecule has 0 saturated carbocycles. The molecule has 2 amide bonds. The number of amides is 2. The van der Waals surface area contributed by atoms with Gasteiger partial charge in [-0.2, -0.15) is 0 Å². The molecule has 1 aromatic rings. The maximum absolute atomic E-state index is 12.2. The minimum Gasteiger partial charge on any atom is -0.477 e. The van der Waals surface area contributed by atoms with E-state index < -0.39 is 5.97 Å². The monoisotopic (exact) mass is 293 g/mol. The van der Waals surface area contributed by atoms with E-state index >= 15 is 0 Å². The van der Waals surface area contributed by atoms with Crippen LogP contribution in [0.2, 0.25) is 0 Å². The minimum atomic E-state index is -1.05. The first-order valence-corrected chi connectivity index (χ1v) is 6.92. The fourth-order valence-electron chi connectivity index (χ4n) is 2.66. The van der Waals surface area contributed by atoms with Gasteiger partial charge in [0.2, 0.25) is 11.8 Å². The first-order chi connectivity index (χ1) is 9.97. The normalized spacial score (nSPS) is 15.9. The summed E-state index contributed by atoms with van der Waals surface area (Å²) >= 11 is 0. The number of aromatic carboxylic acids is 1. The third-order valence-corrected chi connectivity index (χ3v) is 3.81. The molecule has 2 rings (SSSR count). The summed E-state index contributed by atoms with van der Waals surface area (Å²) in [5.74, 6) is -1.22. The number of carbonyl (C=O) groups is 3. The van der Waals surface area contributed by atoms with Gasteiger partial charge < -0.3 is 20.3 Å². The topological polar surface area (TPSA) is 106 Å². The maximum Gasteiger partial charge on any atom is 0.352 e. The number of primary amides is 1. The first kappa shape index (κ1) is 15.1. The lowest BCUT2D eigenvalue weighted by molar-refractivity contribution is -0.133. The fourth-order valence-corrected chi connectivity index (χ4v) is 2.66. The second kappa shape index (κ2) is 6.43. The molecule has 21 heavy (non-hydrogen) atoms. The smallest absolute Gasteiger partial charge is 0.352 e. The van der Waals surface area contributed by atoms with E-state index in [9.17, 15) is 14.4 Å². The highest BCUT2D eigenvalue weighted by Crippen LogP contribution is 2.20. The molecule has 1 aliphatic heterocycles. The number of carbonyl (C=O) groups excluding carboxylic acids is 2. The summed E-state index contributed by atoms with van der Waals surface area (Å²) in [6.45, 7) is 1.19. The molecule has 0 spiro atoms. The Morgan fingerprint density at radius 3 is 2.52 bits per heavy atom. The van der Waals surface area contributed by atoms with E-state index in [0.717, 1.165) is 12.8 Å². The van der Waals surface area contributed by atoms with Crippen molar-refractivity contribution < 1.29 is 19.5 Å². The second-order valence-corrected chi connectivity index (χ2v) is 5.32. The third kappa shape index (κ3) is 3.84. The van der Waals surface area contributed by atoms with Gasteiger partial charge >= 0.3 is 5.97 Å². The Bertz CT molecular complexity index is 544. The lowest BCUT2D eigenvalue weighted by Crippen LogP contribution is -2.41. The Hall–Kier alpha value is -2.31. The zero-order valence-electron chi connectivity index (χ0n) is 11.7. The van der Waals surface area contributed by atoms with Crippen LogP contribution in [0.3, 0.4) is 0 Å². The largest absolute Gasteiger partial charge is 0.477 e. The van der Waals surface area contributed by atoms with Crippen molar-refractivity contribution in [2.24, 2.45) is 11.7 Å². The lowest BCUT2D eigenvalue weighted by Gasteiger charge is -2.31. The van der Waals surface area contributed by atoms with Crippen molar-refractivity contribution in [2.45, 2.75) is 25.8 Å². The Morgan fingerprint density at radius 1 is 1.29 bits per heavy atom. The number of rotatable bonds is 5. The van der Waals surface area contributed by atoms with E-state index in [-0.39, 0.29) is 30.0 Å². The van der Waals surface area contributed by atoms with Gasteiger partial charge in [-0.15, -0.1) is 0 Å². The molecule has 0 aliphatic carbocycles. The number of hydrogen-bond acceptors (Lipinski definition) is 3. The number of hydrogen-bond donors (Lipinski definition) is 2. The summed E-state index contributed by atoms with van der Waals surface area (Å²) in [5, 5.41) is 9.01. The summed E-state index contributed by atoms with van der Waals surface area (Å²) in [4.78, 5) is 35.8. The number of likely N-dealkylation sites (tertiary alicyclic amines) is 1. The van der Waals surface area contributed by atoms with Crippen LogP contribution in [-0.2, 0) is 16.1 Å². The van der Waals surface area contributed by atoms with E-state index in [1.54, 1.807) is 17.2 Å². The molecule has 1 saturated heterocycles. The van der Waals surface area contributed by atoms with Crippen LogP contribution in [-0.4, -0.2) is 45.4 Å². The van der Waals surface area contributed by atoms with Crippen molar-refractivity contribution in [2.75, 3.05) is 13.1 Å². The number of carboxylic acids is 1. The molecule has 0 unspecified atom stereocenters. The summed E-state index contributed by atoms with van der Waals surface area (Å²) in [6, 6.07) is 3.07. The van der Waals surface area contributed by atoms with Crippen LogP contribution in [0.15, 0.2) is 18.3 Å². The number of carboxylic acid groups (broad SMARTS) is 1. The highest BCUT2D eigenvalue weighted by atomic mass is 16.4. The maximum atomic E-state index is 12.2. The molecule has 1 fully saturated rings. The summed E-state index contributed by atoms with van der Waals surface area (Å²) in [5.41, 5.74) is 5.28. The van der Waals surface area contributed by atoms with E-state index in [2.05, 4.69) is 0 Å². The zero-order valence-corrected chi connectivity index (χ0v) is 11.7. The van der Waals surface area contributed by atoms with E-state index in [0.29, 0.717) is 19.5 Å². The number of aromatic nitrogens is 1. The lowest BCUT2D eigenvalue weighted by atomic mass is 9.93. The molecule has 3 N–H and O–H groups in total. The van der Waals surface area contributed by atoms with Gasteiger partial charge in [-0.05, 0) is 30.9 Å². The van der Waals surface area contributed by atoms with Crippen molar-refractivity contribution in [3.8, 4) is 0 Å². The molecule has 0 aromatic carbocycles. The molecule has 7 heteroatoms. The van der Waals surface area contributed by atoms with Gasteiger partial charge in [0.15, 0.2) is 0 Å². The molecule has 1 aromatic heterocycles. The average molecular weight is 293 g/mol. The average Bonchev–Trinajstić information content (AvgIpc) is 2.87. The molecule has 0 bridgehead atoms. The summed E-state index contributed by atoms with van der Waals surface area (Å²) in [6.07, 6.45) is 3.46. The van der Waals surface area contributed by atoms with Gasteiger partial charge in [-0.3, -0.25) is 9.59 Å². The molecule has 7 nitrogen and oxygen atoms in total. The van der Waals surface area contributed by atoms with Crippen molar-refractivity contribution in [3.05, 3.63) is 24.0 Å². The third-order valence-electron chi connectivity index (χ3n) is 3.81. The molecular formula is C14H19N3O4. The van der Waals surface area contributed by atoms with Crippen LogP contribution in [0.25, 0.3) is 0 Å². The Morgan fingerprint density at radius 2 is 1.95 bits per heavy atom. The number of piperidine rings is 1. The van der Waals surface area contributed by atoms with Crippen molar-refractivity contribution in [3.63, 3.8) is 0 Å². The predicted octanol–water partition coefficient (Wildman–Crippen LogP) is 0.300. The van der Waals surface area contributed by atoms with Crippen LogP contribution in [0.4, 0.5) is 0 Å². The van der Waals surface area contributed by atoms with Gasteiger partial charge in [0.25, 0.3) is 0 Å². The van der Waals surface area contributed by atoms with Gasteiger partial charge in [0.05, 0.1) is 0 Å².